The van der Waals surface area contributed by atoms with Crippen molar-refractivity contribution in [3.8, 4) is 5.75 Å². The molecule has 2 rings (SSSR count). The minimum atomic E-state index is -0.452. The van der Waals surface area contributed by atoms with E-state index in [1.165, 1.54) is 17.2 Å². The van der Waals surface area contributed by atoms with Crippen LogP contribution < -0.4 is 10.3 Å². The van der Waals surface area contributed by atoms with Gasteiger partial charge in [-0.15, -0.1) is 0 Å². The second-order valence-corrected chi connectivity index (χ2v) is 4.60. The number of methoxy groups -OCH3 is 1. The number of carbonyl (C=O) groups is 1. The van der Waals surface area contributed by atoms with E-state index in [0.717, 1.165) is 5.56 Å². The molecule has 7 nitrogen and oxygen atoms in total. The SMILES string of the molecule is COc1ccccc1CN(CCO)C(=O)c1cn[nH]c(=O)c1. The van der Waals surface area contributed by atoms with Gasteiger partial charge < -0.3 is 14.7 Å². The van der Waals surface area contributed by atoms with Gasteiger partial charge >= 0.3 is 0 Å². The molecular formula is C15H17N3O4. The summed E-state index contributed by atoms with van der Waals surface area (Å²) in [5.41, 5.74) is 0.531. The highest BCUT2D eigenvalue weighted by atomic mass is 16.5. The Balaban J connectivity index is 2.26. The van der Waals surface area contributed by atoms with Crippen LogP contribution in [0.5, 0.6) is 5.75 Å². The molecule has 0 radical (unpaired) electrons. The summed E-state index contributed by atoms with van der Waals surface area (Å²) in [4.78, 5) is 25.2. The fourth-order valence-corrected chi connectivity index (χ4v) is 2.09. The van der Waals surface area contributed by atoms with E-state index in [4.69, 9.17) is 4.74 Å². The molecule has 0 atom stereocenters. The van der Waals surface area contributed by atoms with Gasteiger partial charge in [-0.1, -0.05) is 18.2 Å². The predicted molar refractivity (Wildman–Crippen MR) is 79.7 cm³/mol. The van der Waals surface area contributed by atoms with Crippen LogP contribution in [0.3, 0.4) is 0 Å². The summed E-state index contributed by atoms with van der Waals surface area (Å²) in [5, 5.41) is 15.0. The molecule has 0 saturated carbocycles. The maximum atomic E-state index is 12.5. The van der Waals surface area contributed by atoms with Crippen LogP contribution in [0.25, 0.3) is 0 Å². The van der Waals surface area contributed by atoms with Crippen LogP contribution in [0.1, 0.15) is 15.9 Å². The first-order chi connectivity index (χ1) is 10.7. The summed E-state index contributed by atoms with van der Waals surface area (Å²) >= 11 is 0. The molecule has 0 saturated heterocycles. The highest BCUT2D eigenvalue weighted by Gasteiger charge is 2.18. The molecule has 7 heteroatoms. The highest BCUT2D eigenvalue weighted by Crippen LogP contribution is 2.19. The Morgan fingerprint density at radius 3 is 2.86 bits per heavy atom. The average Bonchev–Trinajstić information content (AvgIpc) is 2.54. The first-order valence-electron chi connectivity index (χ1n) is 6.72. The lowest BCUT2D eigenvalue weighted by atomic mass is 10.1. The smallest absolute Gasteiger partial charge is 0.264 e. The molecule has 1 aromatic heterocycles. The maximum Gasteiger partial charge on any atom is 0.264 e. The predicted octanol–water partition coefficient (Wildman–Crippen LogP) is 0.413. The fraction of sp³-hybridized carbons (Fsp3) is 0.267. The number of carbonyl (C=O) groups excluding carboxylic acids is 1. The summed E-state index contributed by atoms with van der Waals surface area (Å²) in [6.07, 6.45) is 1.29. The van der Waals surface area contributed by atoms with Crippen molar-refractivity contribution in [3.05, 3.63) is 58.0 Å². The van der Waals surface area contributed by atoms with Crippen molar-refractivity contribution in [2.24, 2.45) is 0 Å². The van der Waals surface area contributed by atoms with Gasteiger partial charge in [-0.3, -0.25) is 9.59 Å². The van der Waals surface area contributed by atoms with Crippen molar-refractivity contribution < 1.29 is 14.6 Å². The molecule has 22 heavy (non-hydrogen) atoms. The van der Waals surface area contributed by atoms with Crippen molar-refractivity contribution in [3.63, 3.8) is 0 Å². The van der Waals surface area contributed by atoms with E-state index < -0.39 is 5.56 Å². The summed E-state index contributed by atoms with van der Waals surface area (Å²) < 4.78 is 5.26. The Bertz CT molecular complexity index is 699. The first-order valence-corrected chi connectivity index (χ1v) is 6.72. The van der Waals surface area contributed by atoms with E-state index in [-0.39, 0.29) is 31.2 Å². The third kappa shape index (κ3) is 3.70. The molecule has 0 spiro atoms. The summed E-state index contributed by atoms with van der Waals surface area (Å²) in [6, 6.07) is 8.50. The van der Waals surface area contributed by atoms with Crippen LogP contribution in [-0.2, 0) is 6.54 Å². The highest BCUT2D eigenvalue weighted by molar-refractivity contribution is 5.93. The van der Waals surface area contributed by atoms with Gasteiger partial charge in [0.05, 0.1) is 25.5 Å². The van der Waals surface area contributed by atoms with Gasteiger partial charge in [0.2, 0.25) is 0 Å². The molecule has 0 unspecified atom stereocenters. The van der Waals surface area contributed by atoms with Gasteiger partial charge in [0.25, 0.3) is 11.5 Å². The lowest BCUT2D eigenvalue weighted by Gasteiger charge is -2.22. The van der Waals surface area contributed by atoms with Gasteiger partial charge in [0, 0.05) is 24.7 Å². The van der Waals surface area contributed by atoms with Crippen LogP contribution in [-0.4, -0.2) is 46.4 Å². The van der Waals surface area contributed by atoms with E-state index in [9.17, 15) is 14.7 Å². The number of hydrogen-bond acceptors (Lipinski definition) is 5. The van der Waals surface area contributed by atoms with Crippen LogP contribution in [0, 0.1) is 0 Å². The summed E-state index contributed by atoms with van der Waals surface area (Å²) in [7, 11) is 1.55. The van der Waals surface area contributed by atoms with Crippen molar-refractivity contribution in [1.82, 2.24) is 15.1 Å². The molecule has 1 amide bonds. The minimum absolute atomic E-state index is 0.143. The van der Waals surface area contributed by atoms with Gasteiger partial charge in [0.15, 0.2) is 0 Å². The van der Waals surface area contributed by atoms with E-state index in [1.807, 2.05) is 18.2 Å². The zero-order valence-electron chi connectivity index (χ0n) is 12.2. The Hall–Kier alpha value is -2.67. The second-order valence-electron chi connectivity index (χ2n) is 4.60. The van der Waals surface area contributed by atoms with Crippen LogP contribution in [0.2, 0.25) is 0 Å². The number of hydrogen-bond donors (Lipinski definition) is 2. The fourth-order valence-electron chi connectivity index (χ4n) is 2.09. The number of para-hydroxylation sites is 1. The number of ether oxygens (including phenoxy) is 1. The Labute approximate surface area is 127 Å². The van der Waals surface area contributed by atoms with Crippen molar-refractivity contribution in [2.75, 3.05) is 20.3 Å². The molecule has 2 N–H and O–H groups in total. The number of aromatic nitrogens is 2. The Morgan fingerprint density at radius 1 is 1.41 bits per heavy atom. The number of aromatic amines is 1. The molecule has 1 heterocycles. The van der Waals surface area contributed by atoms with Crippen LogP contribution in [0.4, 0.5) is 0 Å². The molecule has 0 fully saturated rings. The van der Waals surface area contributed by atoms with Gasteiger partial charge in [-0.25, -0.2) is 5.10 Å². The van der Waals surface area contributed by atoms with Gasteiger partial charge in [-0.2, -0.15) is 5.10 Å². The maximum absolute atomic E-state index is 12.5. The molecule has 0 aliphatic rings. The largest absolute Gasteiger partial charge is 0.496 e. The van der Waals surface area contributed by atoms with Crippen LogP contribution in [0.15, 0.2) is 41.3 Å². The number of amides is 1. The van der Waals surface area contributed by atoms with Crippen LogP contribution >= 0.6 is 0 Å². The molecule has 0 aliphatic carbocycles. The normalized spacial score (nSPS) is 10.3. The molecule has 2 aromatic rings. The van der Waals surface area contributed by atoms with Crippen molar-refractivity contribution in [1.29, 1.82) is 0 Å². The third-order valence-electron chi connectivity index (χ3n) is 3.12. The van der Waals surface area contributed by atoms with E-state index >= 15 is 0 Å². The molecule has 1 aromatic carbocycles. The Kier molecular flexibility index (Phi) is 5.26. The topological polar surface area (TPSA) is 95.5 Å². The standard InChI is InChI=1S/C15H17N3O4/c1-22-13-5-3-2-4-11(13)10-18(6-7-19)15(21)12-8-14(20)17-16-9-12/h2-5,8-9,19H,6-7,10H2,1H3,(H,17,20). The monoisotopic (exact) mass is 303 g/mol. The zero-order valence-corrected chi connectivity index (χ0v) is 12.2. The van der Waals surface area contributed by atoms with Crippen molar-refractivity contribution >= 4 is 5.91 Å². The van der Waals surface area contributed by atoms with Gasteiger partial charge in [-0.05, 0) is 6.07 Å². The molecule has 116 valence electrons. The molecule has 0 bridgehead atoms. The third-order valence-corrected chi connectivity index (χ3v) is 3.12. The molecular weight excluding hydrogens is 286 g/mol. The van der Waals surface area contributed by atoms with Crippen molar-refractivity contribution in [2.45, 2.75) is 6.54 Å². The quantitative estimate of drug-likeness (QED) is 0.806. The Morgan fingerprint density at radius 2 is 2.18 bits per heavy atom. The lowest BCUT2D eigenvalue weighted by molar-refractivity contribution is 0.0705. The number of aliphatic hydroxyl groups excluding tert-OH is 1. The number of rotatable bonds is 6. The lowest BCUT2D eigenvalue weighted by Crippen LogP contribution is -2.34. The van der Waals surface area contributed by atoms with E-state index in [2.05, 4.69) is 10.2 Å². The summed E-state index contributed by atoms with van der Waals surface area (Å²) in [6.45, 7) is 0.220. The van der Waals surface area contributed by atoms with Gasteiger partial charge in [0.1, 0.15) is 5.75 Å². The molecule has 0 aliphatic heterocycles. The number of aliphatic hydroxyl groups is 1. The number of nitrogens with zero attached hydrogens (tertiary/aromatic N) is 2. The van der Waals surface area contributed by atoms with E-state index in [0.29, 0.717) is 5.75 Å². The number of benzene rings is 1. The number of nitrogens with one attached hydrogen (secondary N) is 1. The first kappa shape index (κ1) is 15.7. The average molecular weight is 303 g/mol. The second kappa shape index (κ2) is 7.37. The minimum Gasteiger partial charge on any atom is -0.496 e. The zero-order chi connectivity index (χ0) is 15.9. The summed E-state index contributed by atoms with van der Waals surface area (Å²) in [5.74, 6) is 0.279. The number of H-pyrrole nitrogens is 1. The van der Waals surface area contributed by atoms with E-state index in [1.54, 1.807) is 13.2 Å².